The van der Waals surface area contributed by atoms with E-state index < -0.39 is 9.85 Å². The highest BCUT2D eigenvalue weighted by atomic mass is 35.5. The van der Waals surface area contributed by atoms with Crippen LogP contribution in [0.25, 0.3) is 11.5 Å². The number of hydrogen-bond acceptors (Lipinski definition) is 8. The lowest BCUT2D eigenvalue weighted by atomic mass is 10.2. The number of non-ortho nitro benzene ring substituents is 1. The minimum atomic E-state index is -0.608. The Labute approximate surface area is 155 Å². The molecule has 132 valence electrons. The van der Waals surface area contributed by atoms with Crippen molar-refractivity contribution in [2.24, 2.45) is 0 Å². The van der Waals surface area contributed by atoms with Gasteiger partial charge in [0.15, 0.2) is 0 Å². The third-order valence-corrected chi connectivity index (χ3v) is 4.44. The predicted octanol–water partition coefficient (Wildman–Crippen LogP) is 4.50. The van der Waals surface area contributed by atoms with Gasteiger partial charge in [-0.25, -0.2) is 0 Å². The first-order valence-corrected chi connectivity index (χ1v) is 8.44. The Morgan fingerprint density at radius 2 is 1.77 bits per heavy atom. The van der Waals surface area contributed by atoms with Crippen molar-refractivity contribution < 1.29 is 14.3 Å². The first kappa shape index (κ1) is 17.8. The van der Waals surface area contributed by atoms with Gasteiger partial charge in [0.2, 0.25) is 5.89 Å². The molecule has 3 aromatic rings. The molecule has 0 aliphatic heterocycles. The van der Waals surface area contributed by atoms with E-state index in [4.69, 9.17) is 16.0 Å². The number of thioether (sulfide) groups is 1. The van der Waals surface area contributed by atoms with E-state index in [1.165, 1.54) is 6.07 Å². The van der Waals surface area contributed by atoms with Gasteiger partial charge in [0.25, 0.3) is 16.6 Å². The fourth-order valence-corrected chi connectivity index (χ4v) is 2.97. The monoisotopic (exact) mass is 392 g/mol. The Morgan fingerprint density at radius 3 is 2.42 bits per heavy atom. The Balaban J connectivity index is 1.79. The van der Waals surface area contributed by atoms with E-state index in [1.54, 1.807) is 24.3 Å². The van der Waals surface area contributed by atoms with Gasteiger partial charge in [0.1, 0.15) is 0 Å². The van der Waals surface area contributed by atoms with Gasteiger partial charge in [-0.05, 0) is 24.3 Å². The zero-order chi connectivity index (χ0) is 18.7. The first-order valence-electron chi connectivity index (χ1n) is 7.08. The summed E-state index contributed by atoms with van der Waals surface area (Å²) in [6, 6.07) is 10.2. The molecule has 0 aliphatic rings. The van der Waals surface area contributed by atoms with Gasteiger partial charge < -0.3 is 4.42 Å². The number of nitrogens with zero attached hydrogens (tertiary/aromatic N) is 4. The van der Waals surface area contributed by atoms with Gasteiger partial charge in [-0.1, -0.05) is 23.4 Å². The van der Waals surface area contributed by atoms with Crippen LogP contribution in [-0.2, 0) is 5.75 Å². The molecule has 11 heteroatoms. The topological polar surface area (TPSA) is 125 Å². The minimum absolute atomic E-state index is 0.0697. The number of hydrogen-bond donors (Lipinski definition) is 0. The smallest absolute Gasteiger partial charge is 0.277 e. The molecule has 2 aromatic carbocycles. The molecular formula is C15H9ClN4O5S. The molecule has 0 radical (unpaired) electrons. The van der Waals surface area contributed by atoms with E-state index in [0.717, 1.165) is 23.9 Å². The molecule has 1 aromatic heterocycles. The molecular weight excluding hydrogens is 384 g/mol. The summed E-state index contributed by atoms with van der Waals surface area (Å²) in [5.41, 5.74) is 0.439. The van der Waals surface area contributed by atoms with Gasteiger partial charge in [-0.2, -0.15) is 0 Å². The molecule has 0 atom stereocenters. The van der Waals surface area contributed by atoms with Gasteiger partial charge in [-0.3, -0.25) is 20.2 Å². The van der Waals surface area contributed by atoms with Gasteiger partial charge in [-0.15, -0.1) is 10.2 Å². The maximum Gasteiger partial charge on any atom is 0.277 e. The normalized spacial score (nSPS) is 10.7. The van der Waals surface area contributed by atoms with Crippen LogP contribution in [0.4, 0.5) is 11.4 Å². The molecule has 1 heterocycles. The molecule has 0 unspecified atom stereocenters. The third-order valence-electron chi connectivity index (χ3n) is 3.32. The highest BCUT2D eigenvalue weighted by Gasteiger charge is 2.19. The molecule has 0 aliphatic carbocycles. The summed E-state index contributed by atoms with van der Waals surface area (Å²) >= 11 is 6.87. The number of nitro benzene ring substituents is 2. The van der Waals surface area contributed by atoms with Crippen LogP contribution in [0.3, 0.4) is 0 Å². The van der Waals surface area contributed by atoms with Crippen LogP contribution in [0.1, 0.15) is 5.56 Å². The maximum atomic E-state index is 11.1. The fraction of sp³-hybridized carbons (Fsp3) is 0.0667. The quantitative estimate of drug-likeness (QED) is 0.341. The average molecular weight is 393 g/mol. The lowest BCUT2D eigenvalue weighted by molar-refractivity contribution is -0.389. The van der Waals surface area contributed by atoms with Crippen molar-refractivity contribution in [2.75, 3.05) is 0 Å². The number of aromatic nitrogens is 2. The minimum Gasteiger partial charge on any atom is -0.411 e. The summed E-state index contributed by atoms with van der Waals surface area (Å²) in [4.78, 5) is 20.8. The fourth-order valence-electron chi connectivity index (χ4n) is 2.10. The van der Waals surface area contributed by atoms with E-state index in [1.807, 2.05) is 0 Å². The summed E-state index contributed by atoms with van der Waals surface area (Å²) in [7, 11) is 0. The summed E-state index contributed by atoms with van der Waals surface area (Å²) in [6.07, 6.45) is 0. The third kappa shape index (κ3) is 3.98. The van der Waals surface area contributed by atoms with E-state index in [0.29, 0.717) is 10.6 Å². The highest BCUT2D eigenvalue weighted by molar-refractivity contribution is 7.98. The molecule has 0 bridgehead atoms. The maximum absolute atomic E-state index is 11.1. The SMILES string of the molecule is O=[N+]([O-])c1ccc([N+](=O)[O-])c(CSc2nnc(-c3ccc(Cl)cc3)o2)c1. The van der Waals surface area contributed by atoms with Crippen molar-refractivity contribution in [1.82, 2.24) is 10.2 Å². The second-order valence-corrected chi connectivity index (χ2v) is 6.36. The highest BCUT2D eigenvalue weighted by Crippen LogP contribution is 2.31. The second-order valence-electron chi connectivity index (χ2n) is 5.00. The molecule has 0 saturated heterocycles. The summed E-state index contributed by atoms with van der Waals surface area (Å²) < 4.78 is 5.50. The summed E-state index contributed by atoms with van der Waals surface area (Å²) in [5.74, 6) is 0.345. The van der Waals surface area contributed by atoms with E-state index in [2.05, 4.69) is 10.2 Å². The van der Waals surface area contributed by atoms with Crippen LogP contribution in [0.2, 0.25) is 5.02 Å². The van der Waals surface area contributed by atoms with Crippen LogP contribution < -0.4 is 0 Å². The predicted molar refractivity (Wildman–Crippen MR) is 94.1 cm³/mol. The van der Waals surface area contributed by atoms with Crippen molar-refractivity contribution >= 4 is 34.7 Å². The van der Waals surface area contributed by atoms with Crippen molar-refractivity contribution in [2.45, 2.75) is 11.0 Å². The summed E-state index contributed by atoms with van der Waals surface area (Å²) in [6.45, 7) is 0. The van der Waals surface area contributed by atoms with Crippen LogP contribution in [0, 0.1) is 20.2 Å². The van der Waals surface area contributed by atoms with Crippen molar-refractivity contribution in [3.8, 4) is 11.5 Å². The van der Waals surface area contributed by atoms with Gasteiger partial charge >= 0.3 is 0 Å². The Kier molecular flexibility index (Phi) is 5.14. The number of benzene rings is 2. The Bertz CT molecular complexity index is 976. The van der Waals surface area contributed by atoms with Gasteiger partial charge in [0.05, 0.1) is 9.85 Å². The van der Waals surface area contributed by atoms with Crippen LogP contribution in [0.15, 0.2) is 52.1 Å². The van der Waals surface area contributed by atoms with Crippen LogP contribution in [-0.4, -0.2) is 20.0 Å². The zero-order valence-electron chi connectivity index (χ0n) is 12.9. The lowest BCUT2D eigenvalue weighted by Gasteiger charge is -2.01. The Morgan fingerprint density at radius 1 is 1.04 bits per heavy atom. The Hall–Kier alpha value is -2.98. The van der Waals surface area contributed by atoms with Crippen LogP contribution in [0.5, 0.6) is 0 Å². The first-order chi connectivity index (χ1) is 12.4. The number of rotatable bonds is 6. The summed E-state index contributed by atoms with van der Waals surface area (Å²) in [5, 5.41) is 30.5. The molecule has 26 heavy (non-hydrogen) atoms. The van der Waals surface area contributed by atoms with Gasteiger partial charge in [0, 0.05) is 40.1 Å². The van der Waals surface area contributed by atoms with E-state index in [9.17, 15) is 20.2 Å². The zero-order valence-corrected chi connectivity index (χ0v) is 14.4. The average Bonchev–Trinajstić information content (AvgIpc) is 3.09. The largest absolute Gasteiger partial charge is 0.411 e. The molecule has 0 N–H and O–H groups in total. The van der Waals surface area contributed by atoms with Crippen LogP contribution >= 0.6 is 23.4 Å². The lowest BCUT2D eigenvalue weighted by Crippen LogP contribution is -1.96. The molecule has 0 fully saturated rings. The molecule has 0 saturated carbocycles. The van der Waals surface area contributed by atoms with E-state index >= 15 is 0 Å². The molecule has 0 amide bonds. The molecule has 3 rings (SSSR count). The van der Waals surface area contributed by atoms with E-state index in [-0.39, 0.29) is 33.8 Å². The van der Waals surface area contributed by atoms with Crippen molar-refractivity contribution in [3.63, 3.8) is 0 Å². The molecule has 0 spiro atoms. The number of nitro groups is 2. The standard InChI is InChI=1S/C15H9ClN4O5S/c16-11-3-1-9(2-4-11)14-17-18-15(25-14)26-8-10-7-12(19(21)22)5-6-13(10)20(23)24/h1-7H,8H2. The van der Waals surface area contributed by atoms with Crippen molar-refractivity contribution in [3.05, 3.63) is 73.3 Å². The number of halogens is 1. The van der Waals surface area contributed by atoms with Crippen molar-refractivity contribution in [1.29, 1.82) is 0 Å². The second kappa shape index (κ2) is 7.50. The molecule has 9 nitrogen and oxygen atoms in total.